The summed E-state index contributed by atoms with van der Waals surface area (Å²) < 4.78 is 43.9. The van der Waals surface area contributed by atoms with Crippen LogP contribution >= 0.6 is 0 Å². The number of amides is 2. The number of ether oxygens (including phenoxy) is 1. The molecule has 0 aliphatic heterocycles. The van der Waals surface area contributed by atoms with Crippen molar-refractivity contribution in [1.82, 2.24) is 5.32 Å². The van der Waals surface area contributed by atoms with Crippen LogP contribution in [-0.2, 0) is 15.8 Å². The molecule has 8 heteroatoms. The van der Waals surface area contributed by atoms with Crippen LogP contribution < -0.4 is 15.4 Å². The highest BCUT2D eigenvalue weighted by Crippen LogP contribution is 2.34. The molecule has 0 heterocycles. The van der Waals surface area contributed by atoms with E-state index in [4.69, 9.17) is 4.74 Å². The standard InChI is InChI=1S/C18H17F3N2O3/c19-18(20,21)14-8-4-5-9-15(14)23-17(25)12-22-16(24)10-11-26-13-6-2-1-3-7-13/h1-9H,10-12H2,(H,22,24)(H,23,25). The SMILES string of the molecule is O=C(CCOc1ccccc1)NCC(=O)Nc1ccccc1C(F)(F)F. The van der Waals surface area contributed by atoms with Gasteiger partial charge in [0.15, 0.2) is 0 Å². The fourth-order valence-corrected chi connectivity index (χ4v) is 2.08. The molecule has 0 fully saturated rings. The molecule has 0 aliphatic rings. The molecule has 26 heavy (non-hydrogen) atoms. The van der Waals surface area contributed by atoms with E-state index in [1.54, 1.807) is 24.3 Å². The summed E-state index contributed by atoms with van der Waals surface area (Å²) in [6.07, 6.45) is -4.57. The lowest BCUT2D eigenvalue weighted by atomic mass is 10.1. The summed E-state index contributed by atoms with van der Waals surface area (Å²) >= 11 is 0. The summed E-state index contributed by atoms with van der Waals surface area (Å²) in [7, 11) is 0. The average molecular weight is 366 g/mol. The van der Waals surface area contributed by atoms with Gasteiger partial charge in [-0.3, -0.25) is 9.59 Å². The number of benzene rings is 2. The summed E-state index contributed by atoms with van der Waals surface area (Å²) in [4.78, 5) is 23.4. The molecule has 0 radical (unpaired) electrons. The van der Waals surface area contributed by atoms with Gasteiger partial charge < -0.3 is 15.4 Å². The summed E-state index contributed by atoms with van der Waals surface area (Å²) in [6, 6.07) is 13.5. The molecule has 2 aromatic rings. The molecular weight excluding hydrogens is 349 g/mol. The van der Waals surface area contributed by atoms with Crippen molar-refractivity contribution < 1.29 is 27.5 Å². The first-order chi connectivity index (χ1) is 12.4. The van der Waals surface area contributed by atoms with Gasteiger partial charge in [0, 0.05) is 0 Å². The van der Waals surface area contributed by atoms with Crippen LogP contribution in [0.5, 0.6) is 5.75 Å². The molecule has 0 atom stereocenters. The molecule has 0 unspecified atom stereocenters. The molecule has 0 spiro atoms. The van der Waals surface area contributed by atoms with Crippen LogP contribution in [0.3, 0.4) is 0 Å². The lowest BCUT2D eigenvalue weighted by Gasteiger charge is -2.13. The van der Waals surface area contributed by atoms with Crippen molar-refractivity contribution in [2.45, 2.75) is 12.6 Å². The Bertz CT molecular complexity index is 749. The lowest BCUT2D eigenvalue weighted by molar-refractivity contribution is -0.137. The number of carbonyl (C=O) groups excluding carboxylic acids is 2. The van der Waals surface area contributed by atoms with Gasteiger partial charge >= 0.3 is 6.18 Å². The van der Waals surface area contributed by atoms with Gasteiger partial charge in [-0.2, -0.15) is 13.2 Å². The minimum absolute atomic E-state index is 0.0152. The normalized spacial score (nSPS) is 10.9. The molecule has 0 aliphatic carbocycles. The van der Waals surface area contributed by atoms with E-state index < -0.39 is 30.1 Å². The zero-order valence-corrected chi connectivity index (χ0v) is 13.7. The molecular formula is C18H17F3N2O3. The number of anilines is 1. The maximum Gasteiger partial charge on any atom is 0.418 e. The Kier molecular flexibility index (Phi) is 6.60. The largest absolute Gasteiger partial charge is 0.493 e. The summed E-state index contributed by atoms with van der Waals surface area (Å²) in [5.74, 6) is -0.582. The van der Waals surface area contributed by atoms with Gasteiger partial charge in [-0.25, -0.2) is 0 Å². The van der Waals surface area contributed by atoms with Crippen molar-refractivity contribution in [3.63, 3.8) is 0 Å². The molecule has 0 aromatic heterocycles. The zero-order chi connectivity index (χ0) is 19.0. The van der Waals surface area contributed by atoms with Crippen molar-refractivity contribution in [2.24, 2.45) is 0 Å². The van der Waals surface area contributed by atoms with Crippen LogP contribution in [0.1, 0.15) is 12.0 Å². The predicted molar refractivity (Wildman–Crippen MR) is 89.6 cm³/mol. The first kappa shape index (κ1) is 19.3. The molecule has 0 saturated heterocycles. The van der Waals surface area contributed by atoms with E-state index in [2.05, 4.69) is 10.6 Å². The molecule has 0 saturated carbocycles. The monoisotopic (exact) mass is 366 g/mol. The van der Waals surface area contributed by atoms with Crippen molar-refractivity contribution in [3.05, 3.63) is 60.2 Å². The van der Waals surface area contributed by atoms with Crippen LogP contribution in [0.4, 0.5) is 18.9 Å². The van der Waals surface area contributed by atoms with E-state index in [9.17, 15) is 22.8 Å². The Hall–Kier alpha value is -3.03. The number of para-hydroxylation sites is 2. The topological polar surface area (TPSA) is 67.4 Å². The second-order valence-corrected chi connectivity index (χ2v) is 5.28. The first-order valence-corrected chi connectivity index (χ1v) is 7.77. The average Bonchev–Trinajstić information content (AvgIpc) is 2.60. The van der Waals surface area contributed by atoms with Crippen LogP contribution in [0.15, 0.2) is 54.6 Å². The fourth-order valence-electron chi connectivity index (χ4n) is 2.08. The minimum Gasteiger partial charge on any atom is -0.493 e. The molecule has 138 valence electrons. The van der Waals surface area contributed by atoms with Crippen LogP contribution in [0.25, 0.3) is 0 Å². The number of rotatable bonds is 7. The second-order valence-electron chi connectivity index (χ2n) is 5.28. The highest BCUT2D eigenvalue weighted by Gasteiger charge is 2.33. The number of nitrogens with one attached hydrogen (secondary N) is 2. The van der Waals surface area contributed by atoms with Crippen LogP contribution in [0, 0.1) is 0 Å². The maximum atomic E-state index is 12.9. The third-order valence-electron chi connectivity index (χ3n) is 3.29. The van der Waals surface area contributed by atoms with E-state index in [1.807, 2.05) is 6.07 Å². The lowest BCUT2D eigenvalue weighted by Crippen LogP contribution is -2.33. The van der Waals surface area contributed by atoms with Crippen molar-refractivity contribution >= 4 is 17.5 Å². The Morgan fingerprint density at radius 2 is 1.58 bits per heavy atom. The Labute approximate surface area is 148 Å². The van der Waals surface area contributed by atoms with Crippen molar-refractivity contribution in [2.75, 3.05) is 18.5 Å². The number of alkyl halides is 3. The number of hydrogen-bond acceptors (Lipinski definition) is 3. The third kappa shape index (κ3) is 6.12. The minimum atomic E-state index is -4.58. The van der Waals surface area contributed by atoms with Gasteiger partial charge in [0.25, 0.3) is 0 Å². The molecule has 2 rings (SSSR count). The van der Waals surface area contributed by atoms with Gasteiger partial charge in [-0.1, -0.05) is 30.3 Å². The fraction of sp³-hybridized carbons (Fsp3) is 0.222. The number of hydrogen-bond donors (Lipinski definition) is 2. The van der Waals surface area contributed by atoms with Crippen molar-refractivity contribution in [3.8, 4) is 5.75 Å². The van der Waals surface area contributed by atoms with Gasteiger partial charge in [-0.05, 0) is 24.3 Å². The van der Waals surface area contributed by atoms with Crippen LogP contribution in [-0.4, -0.2) is 25.0 Å². The summed E-state index contributed by atoms with van der Waals surface area (Å²) in [5.41, 5.74) is -1.30. The van der Waals surface area contributed by atoms with Crippen LogP contribution in [0.2, 0.25) is 0 Å². The Balaban J connectivity index is 1.76. The molecule has 2 amide bonds. The van der Waals surface area contributed by atoms with Gasteiger partial charge in [0.1, 0.15) is 5.75 Å². The molecule has 2 N–H and O–H groups in total. The molecule has 0 bridgehead atoms. The predicted octanol–water partition coefficient (Wildman–Crippen LogP) is 3.23. The highest BCUT2D eigenvalue weighted by molar-refractivity contribution is 5.95. The number of halogens is 3. The maximum absolute atomic E-state index is 12.9. The first-order valence-electron chi connectivity index (χ1n) is 7.77. The van der Waals surface area contributed by atoms with Gasteiger partial charge in [-0.15, -0.1) is 0 Å². The Morgan fingerprint density at radius 3 is 2.27 bits per heavy atom. The van der Waals surface area contributed by atoms with E-state index in [0.29, 0.717) is 5.75 Å². The third-order valence-corrected chi connectivity index (χ3v) is 3.29. The van der Waals surface area contributed by atoms with E-state index in [0.717, 1.165) is 12.1 Å². The van der Waals surface area contributed by atoms with Gasteiger partial charge in [0.05, 0.1) is 30.8 Å². The van der Waals surface area contributed by atoms with E-state index in [-0.39, 0.29) is 18.7 Å². The highest BCUT2D eigenvalue weighted by atomic mass is 19.4. The summed E-state index contributed by atoms with van der Waals surface area (Å²) in [5, 5.41) is 4.48. The quantitative estimate of drug-likeness (QED) is 0.791. The second kappa shape index (κ2) is 8.89. The van der Waals surface area contributed by atoms with E-state index >= 15 is 0 Å². The zero-order valence-electron chi connectivity index (χ0n) is 13.7. The molecule has 2 aromatic carbocycles. The number of carbonyl (C=O) groups is 2. The Morgan fingerprint density at radius 1 is 0.923 bits per heavy atom. The van der Waals surface area contributed by atoms with Crippen molar-refractivity contribution in [1.29, 1.82) is 0 Å². The van der Waals surface area contributed by atoms with Gasteiger partial charge in [0.2, 0.25) is 11.8 Å². The smallest absolute Gasteiger partial charge is 0.418 e. The van der Waals surface area contributed by atoms with E-state index in [1.165, 1.54) is 12.1 Å². The molecule has 5 nitrogen and oxygen atoms in total. The summed E-state index contributed by atoms with van der Waals surface area (Å²) in [6.45, 7) is -0.315.